The molecule has 4 fully saturated rings. The Bertz CT molecular complexity index is 1010. The molecule has 5 aliphatic rings. The molecule has 8 nitrogen and oxygen atoms in total. The average Bonchev–Trinajstić information content (AvgIpc) is 3.12. The van der Waals surface area contributed by atoms with Gasteiger partial charge in [-0.1, -0.05) is 0 Å². The van der Waals surface area contributed by atoms with E-state index in [1.54, 1.807) is 15.9 Å². The number of nitrogens with one attached hydrogen (secondary N) is 1. The van der Waals surface area contributed by atoms with E-state index in [1.165, 1.54) is 38.5 Å². The van der Waals surface area contributed by atoms with Gasteiger partial charge in [-0.05, 0) is 81.1 Å². The molecule has 0 radical (unpaired) electrons. The molecule has 0 atom stereocenters. The summed E-state index contributed by atoms with van der Waals surface area (Å²) < 4.78 is 7.31. The van der Waals surface area contributed by atoms with Crippen LogP contribution in [0, 0.1) is 30.1 Å². The predicted octanol–water partition coefficient (Wildman–Crippen LogP) is 3.84. The first-order chi connectivity index (χ1) is 16.0. The normalized spacial score (nSPS) is 29.8. The summed E-state index contributed by atoms with van der Waals surface area (Å²) in [5.41, 5.74) is 4.35. The molecule has 4 bridgehead atoms. The molecule has 176 valence electrons. The highest BCUT2D eigenvalue weighted by atomic mass is 16.6. The molecule has 7 rings (SSSR count). The first kappa shape index (κ1) is 20.9. The van der Waals surface area contributed by atoms with Crippen LogP contribution in [0.4, 0.5) is 10.6 Å². The Kier molecular flexibility index (Phi) is 5.07. The SMILES string of the molecule is Cc1cc(COC(=O)N2CCc3c(ncnc3NCC34CC5CC(CC(C5)C3)C4)C2)nn1C. The molecule has 4 saturated carbocycles. The van der Waals surface area contributed by atoms with Crippen molar-refractivity contribution in [3.05, 3.63) is 35.0 Å². The summed E-state index contributed by atoms with van der Waals surface area (Å²) in [5, 5.41) is 8.09. The van der Waals surface area contributed by atoms with Gasteiger partial charge in [0.25, 0.3) is 0 Å². The van der Waals surface area contributed by atoms with E-state index in [-0.39, 0.29) is 12.7 Å². The lowest BCUT2D eigenvalue weighted by Gasteiger charge is -2.57. The maximum Gasteiger partial charge on any atom is 0.410 e. The average molecular weight is 451 g/mol. The van der Waals surface area contributed by atoms with Gasteiger partial charge in [-0.15, -0.1) is 0 Å². The Balaban J connectivity index is 1.09. The van der Waals surface area contributed by atoms with Crippen LogP contribution in [0.15, 0.2) is 12.4 Å². The number of nitrogens with zero attached hydrogens (tertiary/aromatic N) is 5. The number of anilines is 1. The van der Waals surface area contributed by atoms with E-state index >= 15 is 0 Å². The molecular weight excluding hydrogens is 416 g/mol. The summed E-state index contributed by atoms with van der Waals surface area (Å²) in [4.78, 5) is 23.5. The summed E-state index contributed by atoms with van der Waals surface area (Å²) in [6.45, 7) is 4.27. The molecule has 0 aromatic carbocycles. The largest absolute Gasteiger partial charge is 0.443 e. The fourth-order valence-electron chi connectivity index (χ4n) is 7.37. The third kappa shape index (κ3) is 3.97. The monoisotopic (exact) mass is 450 g/mol. The van der Waals surface area contributed by atoms with Crippen molar-refractivity contribution >= 4 is 11.9 Å². The zero-order chi connectivity index (χ0) is 22.6. The Morgan fingerprint density at radius 3 is 2.58 bits per heavy atom. The van der Waals surface area contributed by atoms with Crippen molar-refractivity contribution in [2.24, 2.45) is 30.2 Å². The second-order valence-electron chi connectivity index (χ2n) is 11.0. The van der Waals surface area contributed by atoms with Crippen LogP contribution < -0.4 is 5.32 Å². The maximum absolute atomic E-state index is 12.7. The lowest BCUT2D eigenvalue weighted by Crippen LogP contribution is -2.49. The minimum atomic E-state index is -0.314. The van der Waals surface area contributed by atoms with E-state index < -0.39 is 0 Å². The number of rotatable bonds is 5. The van der Waals surface area contributed by atoms with Gasteiger partial charge in [-0.2, -0.15) is 5.10 Å². The molecule has 1 N–H and O–H groups in total. The topological polar surface area (TPSA) is 85.2 Å². The van der Waals surface area contributed by atoms with Gasteiger partial charge in [0.05, 0.1) is 12.2 Å². The van der Waals surface area contributed by atoms with Crippen molar-refractivity contribution in [2.75, 3.05) is 18.4 Å². The minimum Gasteiger partial charge on any atom is -0.443 e. The molecular formula is C25H34N6O2. The molecule has 1 amide bonds. The van der Waals surface area contributed by atoms with Gasteiger partial charge < -0.3 is 15.0 Å². The summed E-state index contributed by atoms with van der Waals surface area (Å²) in [7, 11) is 1.89. The number of carbonyl (C=O) groups excluding carboxylic acids is 1. The molecule has 0 spiro atoms. The van der Waals surface area contributed by atoms with Crippen LogP contribution in [0.5, 0.6) is 0 Å². The van der Waals surface area contributed by atoms with Gasteiger partial charge in [-0.3, -0.25) is 4.68 Å². The number of ether oxygens (including phenoxy) is 1. The van der Waals surface area contributed by atoms with Gasteiger partial charge in [0, 0.05) is 31.4 Å². The summed E-state index contributed by atoms with van der Waals surface area (Å²) >= 11 is 0. The van der Waals surface area contributed by atoms with Gasteiger partial charge >= 0.3 is 6.09 Å². The zero-order valence-electron chi connectivity index (χ0n) is 19.7. The molecule has 0 unspecified atom stereocenters. The minimum absolute atomic E-state index is 0.186. The number of aryl methyl sites for hydroxylation is 2. The van der Waals surface area contributed by atoms with Crippen molar-refractivity contribution < 1.29 is 9.53 Å². The van der Waals surface area contributed by atoms with E-state index in [4.69, 9.17) is 4.74 Å². The van der Waals surface area contributed by atoms with Gasteiger partial charge in [0.2, 0.25) is 0 Å². The maximum atomic E-state index is 12.7. The van der Waals surface area contributed by atoms with Crippen LogP contribution >= 0.6 is 0 Å². The number of fused-ring (bicyclic) bond motifs is 1. The van der Waals surface area contributed by atoms with E-state index in [9.17, 15) is 4.79 Å². The molecule has 4 aliphatic carbocycles. The van der Waals surface area contributed by atoms with Crippen molar-refractivity contribution in [2.45, 2.75) is 65.0 Å². The molecule has 1 aliphatic heterocycles. The molecule has 2 aromatic rings. The van der Waals surface area contributed by atoms with E-state index in [0.717, 1.165) is 59.2 Å². The third-order valence-corrected chi connectivity index (χ3v) is 8.57. The quantitative estimate of drug-likeness (QED) is 0.745. The Morgan fingerprint density at radius 1 is 1.18 bits per heavy atom. The van der Waals surface area contributed by atoms with Crippen LogP contribution in [0.3, 0.4) is 0 Å². The number of aromatic nitrogens is 4. The standard InChI is InChI=1S/C25H34N6O2/c1-16-5-20(29-30(16)2)13-33-24(32)31-4-3-21-22(12-31)27-15-28-23(21)26-14-25-9-17-6-18(10-25)8-19(7-17)11-25/h5,15,17-19H,3-4,6-14H2,1-2H3,(H,26,27,28). The van der Waals surface area contributed by atoms with Crippen LogP contribution in [0.25, 0.3) is 0 Å². The van der Waals surface area contributed by atoms with Crippen LogP contribution in [-0.2, 0) is 31.4 Å². The Labute approximate surface area is 195 Å². The molecule has 33 heavy (non-hydrogen) atoms. The highest BCUT2D eigenvalue weighted by Gasteiger charge is 2.50. The predicted molar refractivity (Wildman–Crippen MR) is 123 cm³/mol. The van der Waals surface area contributed by atoms with E-state index in [1.807, 2.05) is 20.0 Å². The van der Waals surface area contributed by atoms with Crippen molar-refractivity contribution in [1.29, 1.82) is 0 Å². The molecule has 8 heteroatoms. The van der Waals surface area contributed by atoms with Crippen LogP contribution in [0.2, 0.25) is 0 Å². The van der Waals surface area contributed by atoms with Crippen molar-refractivity contribution in [1.82, 2.24) is 24.6 Å². The Hall–Kier alpha value is -2.64. The molecule has 3 heterocycles. The second kappa shape index (κ2) is 7.99. The lowest BCUT2D eigenvalue weighted by molar-refractivity contribution is -0.0444. The molecule has 0 saturated heterocycles. The first-order valence-electron chi connectivity index (χ1n) is 12.4. The number of amides is 1. The highest BCUT2D eigenvalue weighted by Crippen LogP contribution is 2.59. The highest BCUT2D eigenvalue weighted by molar-refractivity contribution is 5.68. The number of carbonyl (C=O) groups is 1. The molecule has 2 aromatic heterocycles. The summed E-state index contributed by atoms with van der Waals surface area (Å²) in [6.07, 6.45) is 10.6. The first-order valence-corrected chi connectivity index (χ1v) is 12.4. The van der Waals surface area contributed by atoms with Gasteiger partial charge in [0.1, 0.15) is 24.4 Å². The van der Waals surface area contributed by atoms with E-state index in [2.05, 4.69) is 20.4 Å². The van der Waals surface area contributed by atoms with Gasteiger partial charge in [0.15, 0.2) is 0 Å². The number of hydrogen-bond donors (Lipinski definition) is 1. The van der Waals surface area contributed by atoms with Crippen molar-refractivity contribution in [3.8, 4) is 0 Å². The van der Waals surface area contributed by atoms with E-state index in [0.29, 0.717) is 18.5 Å². The second-order valence-corrected chi connectivity index (χ2v) is 11.0. The van der Waals surface area contributed by atoms with Crippen molar-refractivity contribution in [3.63, 3.8) is 0 Å². The summed E-state index contributed by atoms with van der Waals surface area (Å²) in [6, 6.07) is 1.94. The Morgan fingerprint density at radius 2 is 1.91 bits per heavy atom. The summed E-state index contributed by atoms with van der Waals surface area (Å²) in [5.74, 6) is 3.82. The fourth-order valence-corrected chi connectivity index (χ4v) is 7.37. The van der Waals surface area contributed by atoms with Crippen LogP contribution in [0.1, 0.15) is 61.2 Å². The zero-order valence-corrected chi connectivity index (χ0v) is 19.7. The van der Waals surface area contributed by atoms with Crippen LogP contribution in [-0.4, -0.2) is 43.8 Å². The van der Waals surface area contributed by atoms with Gasteiger partial charge in [-0.25, -0.2) is 14.8 Å². The lowest BCUT2D eigenvalue weighted by atomic mass is 9.49. The third-order valence-electron chi connectivity index (χ3n) is 8.57. The smallest absolute Gasteiger partial charge is 0.410 e. The fraction of sp³-hybridized carbons (Fsp3) is 0.680. The number of hydrogen-bond acceptors (Lipinski definition) is 6.